The molecule has 2 aliphatic heterocycles. The number of methoxy groups -OCH3 is 1. The number of ether oxygens (including phenoxy) is 2. The zero-order valence-corrected chi connectivity index (χ0v) is 21.5. The van der Waals surface area contributed by atoms with Crippen LogP contribution in [0.1, 0.15) is 36.3 Å². The van der Waals surface area contributed by atoms with E-state index in [-0.39, 0.29) is 6.10 Å². The van der Waals surface area contributed by atoms with E-state index in [0.29, 0.717) is 24.7 Å². The lowest BCUT2D eigenvalue weighted by Crippen LogP contribution is -2.41. The molecule has 2 aromatic rings. The molecular weight excluding hydrogens is 478 g/mol. The highest BCUT2D eigenvalue weighted by molar-refractivity contribution is 7.99. The van der Waals surface area contributed by atoms with Crippen LogP contribution in [0.2, 0.25) is 0 Å². The van der Waals surface area contributed by atoms with Crippen molar-refractivity contribution in [3.8, 4) is 5.75 Å². The van der Waals surface area contributed by atoms with Crippen molar-refractivity contribution in [2.24, 2.45) is 0 Å². The van der Waals surface area contributed by atoms with Crippen molar-refractivity contribution < 1.29 is 29.3 Å². The average Bonchev–Trinajstić information content (AvgIpc) is 2.91. The largest absolute Gasteiger partial charge is 0.490 e. The molecule has 2 N–H and O–H groups in total. The van der Waals surface area contributed by atoms with E-state index in [1.807, 2.05) is 11.8 Å². The van der Waals surface area contributed by atoms with Gasteiger partial charge in [0.05, 0.1) is 4.90 Å². The molecule has 4 rings (SSSR count). The molecule has 36 heavy (non-hydrogen) atoms. The molecule has 0 aromatic heterocycles. The van der Waals surface area contributed by atoms with Gasteiger partial charge in [0, 0.05) is 25.8 Å². The summed E-state index contributed by atoms with van der Waals surface area (Å²) in [5, 5.41) is 15.6. The number of piperidine rings is 1. The number of carboxylic acids is 2. The normalized spacial score (nSPS) is 17.0. The lowest BCUT2D eigenvalue weighted by Gasteiger charge is -2.34. The van der Waals surface area contributed by atoms with Crippen LogP contribution >= 0.6 is 11.8 Å². The monoisotopic (exact) mass is 513 g/mol. The van der Waals surface area contributed by atoms with Crippen LogP contribution in [0.15, 0.2) is 65.6 Å². The second kappa shape index (κ2) is 14.7. The molecule has 7 nitrogen and oxygen atoms in total. The maximum absolute atomic E-state index is 9.55. The molecule has 0 amide bonds. The molecule has 0 radical (unpaired) electrons. The van der Waals surface area contributed by atoms with Crippen LogP contribution in [0.5, 0.6) is 5.75 Å². The lowest BCUT2D eigenvalue weighted by atomic mass is 9.89. The van der Waals surface area contributed by atoms with Crippen molar-refractivity contribution >= 4 is 23.7 Å². The van der Waals surface area contributed by atoms with Gasteiger partial charge >= 0.3 is 11.9 Å². The molecule has 1 unspecified atom stereocenters. The Hall–Kier alpha value is -2.81. The molecule has 1 fully saturated rings. The van der Waals surface area contributed by atoms with Crippen LogP contribution in [0.25, 0.3) is 0 Å². The van der Waals surface area contributed by atoms with Crippen LogP contribution in [0.3, 0.4) is 0 Å². The SMILES string of the molecule is COC(COc1cccc2c1SCCC2)CN1CCC(c2ccccc2)CC1.O=C(O)/C=C/C(=O)O. The summed E-state index contributed by atoms with van der Waals surface area (Å²) in [6.45, 7) is 3.83. The van der Waals surface area contributed by atoms with Crippen LogP contribution in [-0.2, 0) is 20.7 Å². The number of fused-ring (bicyclic) bond motifs is 1. The summed E-state index contributed by atoms with van der Waals surface area (Å²) in [7, 11) is 1.81. The van der Waals surface area contributed by atoms with Crippen LogP contribution < -0.4 is 4.74 Å². The molecule has 0 spiro atoms. The molecule has 2 aromatic carbocycles. The third kappa shape index (κ3) is 9.00. The highest BCUT2D eigenvalue weighted by Gasteiger charge is 2.23. The highest BCUT2D eigenvalue weighted by atomic mass is 32.2. The first-order valence-corrected chi connectivity index (χ1v) is 13.3. The number of likely N-dealkylation sites (tertiary alicyclic amines) is 1. The van der Waals surface area contributed by atoms with E-state index in [4.69, 9.17) is 19.7 Å². The smallest absolute Gasteiger partial charge is 0.328 e. The molecule has 0 saturated carbocycles. The quantitative estimate of drug-likeness (QED) is 0.466. The van der Waals surface area contributed by atoms with Crippen molar-refractivity contribution in [3.63, 3.8) is 0 Å². The Morgan fingerprint density at radius 3 is 2.39 bits per heavy atom. The van der Waals surface area contributed by atoms with Crippen molar-refractivity contribution in [2.75, 3.05) is 39.1 Å². The number of rotatable bonds is 9. The van der Waals surface area contributed by atoms with Gasteiger partial charge in [0.1, 0.15) is 18.5 Å². The van der Waals surface area contributed by atoms with Crippen LogP contribution in [0, 0.1) is 0 Å². The molecule has 194 valence electrons. The zero-order valence-electron chi connectivity index (χ0n) is 20.7. The average molecular weight is 514 g/mol. The predicted molar refractivity (Wildman–Crippen MR) is 141 cm³/mol. The minimum atomic E-state index is -1.26. The van der Waals surface area contributed by atoms with Gasteiger partial charge in [-0.2, -0.15) is 0 Å². The van der Waals surface area contributed by atoms with E-state index < -0.39 is 11.9 Å². The first-order valence-electron chi connectivity index (χ1n) is 12.3. The third-order valence-electron chi connectivity index (χ3n) is 6.34. The van der Waals surface area contributed by atoms with E-state index in [0.717, 1.165) is 25.4 Å². The standard InChI is InChI=1S/C24H31NO2S.C4H4O4/c1-26-22(18-27-23-11-5-9-21-10-6-16-28-24(21)23)17-25-14-12-20(13-15-25)19-7-3-2-4-8-19;5-3(6)1-2-4(7)8/h2-5,7-9,11,20,22H,6,10,12-18H2,1H3;1-2H,(H,5,6)(H,7,8)/b;2-1+. The van der Waals surface area contributed by atoms with E-state index in [2.05, 4.69) is 53.4 Å². The number of nitrogens with zero attached hydrogens (tertiary/aromatic N) is 1. The second-order valence-corrected chi connectivity index (χ2v) is 9.97. The van der Waals surface area contributed by atoms with Crippen LogP contribution in [-0.4, -0.2) is 72.3 Å². The van der Waals surface area contributed by atoms with E-state index in [1.165, 1.54) is 47.5 Å². The zero-order chi connectivity index (χ0) is 25.8. The Morgan fingerprint density at radius 2 is 1.75 bits per heavy atom. The number of aryl methyl sites for hydroxylation is 1. The molecule has 0 aliphatic carbocycles. The summed E-state index contributed by atoms with van der Waals surface area (Å²) >= 11 is 1.93. The van der Waals surface area contributed by atoms with Gasteiger partial charge in [-0.3, -0.25) is 0 Å². The number of carboxylic acid groups (broad SMARTS) is 2. The van der Waals surface area contributed by atoms with Gasteiger partial charge < -0.3 is 24.6 Å². The number of hydrogen-bond acceptors (Lipinski definition) is 6. The topological polar surface area (TPSA) is 96.3 Å². The summed E-state index contributed by atoms with van der Waals surface area (Å²) < 4.78 is 12.0. The Bertz CT molecular complexity index is 988. The van der Waals surface area contributed by atoms with Gasteiger partial charge in [0.25, 0.3) is 0 Å². The molecule has 2 heterocycles. The number of thioether (sulfide) groups is 1. The van der Waals surface area contributed by atoms with E-state index >= 15 is 0 Å². The molecule has 0 bridgehead atoms. The van der Waals surface area contributed by atoms with Gasteiger partial charge in [-0.15, -0.1) is 11.8 Å². The summed E-state index contributed by atoms with van der Waals surface area (Å²) in [5.74, 6) is 0.409. The molecule has 1 saturated heterocycles. The Balaban J connectivity index is 0.000000392. The van der Waals surface area contributed by atoms with Crippen molar-refractivity contribution in [1.82, 2.24) is 4.90 Å². The second-order valence-electron chi connectivity index (χ2n) is 8.86. The Kier molecular flexibility index (Phi) is 11.3. The number of hydrogen-bond donors (Lipinski definition) is 2. The third-order valence-corrected chi connectivity index (χ3v) is 7.59. The lowest BCUT2D eigenvalue weighted by molar-refractivity contribution is -0.134. The fraction of sp³-hybridized carbons (Fsp3) is 0.429. The summed E-state index contributed by atoms with van der Waals surface area (Å²) in [4.78, 5) is 23.0. The predicted octanol–water partition coefficient (Wildman–Crippen LogP) is 4.71. The number of carbonyl (C=O) groups is 2. The van der Waals surface area contributed by atoms with Gasteiger partial charge in [0.15, 0.2) is 0 Å². The first-order chi connectivity index (χ1) is 17.5. The van der Waals surface area contributed by atoms with Gasteiger partial charge in [-0.25, -0.2) is 9.59 Å². The number of aliphatic carboxylic acids is 2. The summed E-state index contributed by atoms with van der Waals surface area (Å²) in [6.07, 6.45) is 6.11. The maximum atomic E-state index is 9.55. The molecule has 8 heteroatoms. The van der Waals surface area contributed by atoms with E-state index in [1.54, 1.807) is 7.11 Å². The fourth-order valence-corrected chi connectivity index (χ4v) is 5.57. The minimum absolute atomic E-state index is 0.109. The Morgan fingerprint density at radius 1 is 1.06 bits per heavy atom. The van der Waals surface area contributed by atoms with Crippen molar-refractivity contribution in [1.29, 1.82) is 0 Å². The first kappa shape index (κ1) is 27.8. The summed E-state index contributed by atoms with van der Waals surface area (Å²) in [5.41, 5.74) is 2.92. The molecular formula is C28H35NO6S. The highest BCUT2D eigenvalue weighted by Crippen LogP contribution is 2.37. The van der Waals surface area contributed by atoms with E-state index in [9.17, 15) is 9.59 Å². The van der Waals surface area contributed by atoms with Gasteiger partial charge in [-0.1, -0.05) is 42.5 Å². The minimum Gasteiger partial charge on any atom is -0.490 e. The van der Waals surface area contributed by atoms with Crippen molar-refractivity contribution in [2.45, 2.75) is 42.6 Å². The summed E-state index contributed by atoms with van der Waals surface area (Å²) in [6, 6.07) is 17.4. The number of benzene rings is 2. The maximum Gasteiger partial charge on any atom is 0.328 e. The Labute approximate surface area is 217 Å². The molecule has 1 atom stereocenters. The van der Waals surface area contributed by atoms with Gasteiger partial charge in [0.2, 0.25) is 0 Å². The van der Waals surface area contributed by atoms with Crippen LogP contribution in [0.4, 0.5) is 0 Å². The molecule has 2 aliphatic rings. The van der Waals surface area contributed by atoms with Gasteiger partial charge in [-0.05, 0) is 67.6 Å². The van der Waals surface area contributed by atoms with Crippen molar-refractivity contribution in [3.05, 3.63) is 71.8 Å². The fourth-order valence-electron chi connectivity index (χ4n) is 4.46.